The second kappa shape index (κ2) is 5.43. The van der Waals surface area contributed by atoms with Gasteiger partial charge in [-0.15, -0.1) is 6.42 Å². The summed E-state index contributed by atoms with van der Waals surface area (Å²) in [4.78, 5) is 2.44. The molecule has 0 atom stereocenters. The van der Waals surface area contributed by atoms with Crippen LogP contribution in [0.1, 0.15) is 22.3 Å². The zero-order valence-corrected chi connectivity index (χ0v) is 11.2. The highest BCUT2D eigenvalue weighted by Crippen LogP contribution is 2.25. The molecule has 0 aliphatic carbocycles. The lowest BCUT2D eigenvalue weighted by Gasteiger charge is -2.28. The predicted molar refractivity (Wildman–Crippen MR) is 76.4 cm³/mol. The van der Waals surface area contributed by atoms with Gasteiger partial charge in [0, 0.05) is 44.0 Å². The first-order valence-electron chi connectivity index (χ1n) is 6.41. The van der Waals surface area contributed by atoms with Gasteiger partial charge < -0.3 is 11.1 Å². The van der Waals surface area contributed by atoms with Gasteiger partial charge in [0.25, 0.3) is 0 Å². The summed E-state index contributed by atoms with van der Waals surface area (Å²) in [6.07, 6.45) is 5.54. The van der Waals surface area contributed by atoms with Crippen molar-refractivity contribution in [2.24, 2.45) is 0 Å². The maximum absolute atomic E-state index is 6.14. The van der Waals surface area contributed by atoms with Gasteiger partial charge in [-0.3, -0.25) is 4.90 Å². The van der Waals surface area contributed by atoms with Crippen molar-refractivity contribution in [2.75, 3.05) is 31.9 Å². The number of piperazine rings is 1. The first kappa shape index (κ1) is 12.9. The molecule has 0 radical (unpaired) electrons. The van der Waals surface area contributed by atoms with Gasteiger partial charge in [0.15, 0.2) is 0 Å². The van der Waals surface area contributed by atoms with E-state index < -0.39 is 0 Å². The van der Waals surface area contributed by atoms with Gasteiger partial charge in [-0.2, -0.15) is 0 Å². The minimum Gasteiger partial charge on any atom is -0.398 e. The number of benzene rings is 1. The second-order valence-corrected chi connectivity index (χ2v) is 4.92. The molecule has 1 aliphatic rings. The second-order valence-electron chi connectivity index (χ2n) is 4.92. The highest BCUT2D eigenvalue weighted by molar-refractivity contribution is 5.62. The molecule has 0 saturated carbocycles. The Morgan fingerprint density at radius 3 is 2.61 bits per heavy atom. The van der Waals surface area contributed by atoms with Crippen LogP contribution in [0.4, 0.5) is 5.69 Å². The summed E-state index contributed by atoms with van der Waals surface area (Å²) in [6, 6.07) is 2.11. The van der Waals surface area contributed by atoms with Crippen LogP contribution in [-0.4, -0.2) is 31.1 Å². The summed E-state index contributed by atoms with van der Waals surface area (Å²) < 4.78 is 0. The van der Waals surface area contributed by atoms with Gasteiger partial charge in [-0.1, -0.05) is 5.92 Å². The Hall–Kier alpha value is -1.50. The van der Waals surface area contributed by atoms with Crippen LogP contribution in [0.2, 0.25) is 0 Å². The molecule has 1 aromatic carbocycles. The monoisotopic (exact) mass is 243 g/mol. The maximum atomic E-state index is 6.14. The molecule has 1 aromatic rings. The Bertz CT molecular complexity index is 479. The SMILES string of the molecule is C#Cc1cc(CN2CCNCC2)c(C)c(N)c1C. The first-order chi connectivity index (χ1) is 8.63. The maximum Gasteiger partial charge on any atom is 0.0389 e. The van der Waals surface area contributed by atoms with Crippen LogP contribution in [-0.2, 0) is 6.54 Å². The molecule has 1 heterocycles. The van der Waals surface area contributed by atoms with Crippen molar-refractivity contribution in [1.29, 1.82) is 0 Å². The molecule has 3 heteroatoms. The fraction of sp³-hybridized carbons (Fsp3) is 0.467. The fourth-order valence-corrected chi connectivity index (χ4v) is 2.41. The lowest BCUT2D eigenvalue weighted by atomic mass is 9.97. The highest BCUT2D eigenvalue weighted by atomic mass is 15.2. The average Bonchev–Trinajstić information content (AvgIpc) is 2.40. The topological polar surface area (TPSA) is 41.3 Å². The summed E-state index contributed by atoms with van der Waals surface area (Å²) in [5, 5.41) is 3.36. The molecule has 1 aliphatic heterocycles. The smallest absolute Gasteiger partial charge is 0.0389 e. The summed E-state index contributed by atoms with van der Waals surface area (Å²) in [5.41, 5.74) is 11.4. The van der Waals surface area contributed by atoms with E-state index in [1.807, 2.05) is 6.92 Å². The van der Waals surface area contributed by atoms with Crippen molar-refractivity contribution in [1.82, 2.24) is 10.2 Å². The quantitative estimate of drug-likeness (QED) is 0.607. The summed E-state index contributed by atoms with van der Waals surface area (Å²) in [6.45, 7) is 9.29. The van der Waals surface area contributed by atoms with Crippen molar-refractivity contribution in [2.45, 2.75) is 20.4 Å². The fourth-order valence-electron chi connectivity index (χ4n) is 2.41. The van der Waals surface area contributed by atoms with Crippen molar-refractivity contribution in [3.63, 3.8) is 0 Å². The standard InChI is InChI=1S/C15H21N3/c1-4-13-9-14(12(3)15(16)11(13)2)10-18-7-5-17-6-8-18/h1,9,17H,5-8,10,16H2,2-3H3. The molecular weight excluding hydrogens is 222 g/mol. The van der Waals surface area contributed by atoms with Crippen LogP contribution < -0.4 is 11.1 Å². The number of anilines is 1. The molecule has 3 N–H and O–H groups in total. The van der Waals surface area contributed by atoms with Crippen LogP contribution in [0.3, 0.4) is 0 Å². The Morgan fingerprint density at radius 2 is 2.00 bits per heavy atom. The third-order valence-corrected chi connectivity index (χ3v) is 3.77. The lowest BCUT2D eigenvalue weighted by molar-refractivity contribution is 0.233. The molecular formula is C15H21N3. The van der Waals surface area contributed by atoms with Crippen LogP contribution in [0, 0.1) is 26.2 Å². The zero-order chi connectivity index (χ0) is 13.1. The zero-order valence-electron chi connectivity index (χ0n) is 11.2. The highest BCUT2D eigenvalue weighted by Gasteiger charge is 2.14. The van der Waals surface area contributed by atoms with Gasteiger partial charge >= 0.3 is 0 Å². The molecule has 0 unspecified atom stereocenters. The van der Waals surface area contributed by atoms with Gasteiger partial charge in [0.1, 0.15) is 0 Å². The van der Waals surface area contributed by atoms with Crippen molar-refractivity contribution < 1.29 is 0 Å². The Balaban J connectivity index is 2.27. The van der Waals surface area contributed by atoms with E-state index in [2.05, 4.69) is 29.1 Å². The molecule has 18 heavy (non-hydrogen) atoms. The summed E-state index contributed by atoms with van der Waals surface area (Å²) in [7, 11) is 0. The van der Waals surface area contributed by atoms with Crippen molar-refractivity contribution >= 4 is 5.69 Å². The molecule has 3 nitrogen and oxygen atoms in total. The van der Waals surface area contributed by atoms with E-state index in [1.54, 1.807) is 0 Å². The average molecular weight is 243 g/mol. The molecule has 0 amide bonds. The number of terminal acetylenes is 1. The Kier molecular flexibility index (Phi) is 3.90. The van der Waals surface area contributed by atoms with Crippen LogP contribution in [0.25, 0.3) is 0 Å². The molecule has 1 fully saturated rings. The third kappa shape index (κ3) is 2.50. The number of nitrogens with zero attached hydrogens (tertiary/aromatic N) is 1. The van der Waals surface area contributed by atoms with Crippen LogP contribution in [0.15, 0.2) is 6.07 Å². The van der Waals surface area contributed by atoms with Crippen LogP contribution >= 0.6 is 0 Å². The van der Waals surface area contributed by atoms with E-state index in [-0.39, 0.29) is 0 Å². The number of nitrogen functional groups attached to an aromatic ring is 1. The normalized spacial score (nSPS) is 16.5. The number of nitrogens with two attached hydrogens (primary N) is 1. The van der Waals surface area contributed by atoms with Crippen molar-refractivity contribution in [3.8, 4) is 12.3 Å². The van der Waals surface area contributed by atoms with E-state index in [0.717, 1.165) is 49.5 Å². The Morgan fingerprint density at radius 1 is 1.33 bits per heavy atom. The van der Waals surface area contributed by atoms with Crippen LogP contribution in [0.5, 0.6) is 0 Å². The van der Waals surface area contributed by atoms with E-state index in [9.17, 15) is 0 Å². The summed E-state index contributed by atoms with van der Waals surface area (Å²) in [5.74, 6) is 2.73. The van der Waals surface area contributed by atoms with E-state index in [4.69, 9.17) is 12.2 Å². The molecule has 96 valence electrons. The van der Waals surface area contributed by atoms with Gasteiger partial charge in [-0.05, 0) is 36.6 Å². The van der Waals surface area contributed by atoms with Gasteiger partial charge in [0.2, 0.25) is 0 Å². The molecule has 1 saturated heterocycles. The Labute approximate surface area is 109 Å². The number of hydrogen-bond donors (Lipinski definition) is 2. The van der Waals surface area contributed by atoms with E-state index >= 15 is 0 Å². The van der Waals surface area contributed by atoms with E-state index in [1.165, 1.54) is 11.1 Å². The third-order valence-electron chi connectivity index (χ3n) is 3.77. The molecule has 0 bridgehead atoms. The summed E-state index contributed by atoms with van der Waals surface area (Å²) >= 11 is 0. The van der Waals surface area contributed by atoms with Crippen molar-refractivity contribution in [3.05, 3.63) is 28.3 Å². The number of nitrogens with one attached hydrogen (secondary N) is 1. The number of rotatable bonds is 2. The number of hydrogen-bond acceptors (Lipinski definition) is 3. The largest absolute Gasteiger partial charge is 0.398 e. The molecule has 0 aromatic heterocycles. The molecule has 2 rings (SSSR count). The van der Waals surface area contributed by atoms with E-state index in [0.29, 0.717) is 0 Å². The first-order valence-corrected chi connectivity index (χ1v) is 6.41. The minimum atomic E-state index is 0.843. The molecule has 0 spiro atoms. The van der Waals surface area contributed by atoms with Gasteiger partial charge in [-0.25, -0.2) is 0 Å². The van der Waals surface area contributed by atoms with Gasteiger partial charge in [0.05, 0.1) is 0 Å². The minimum absolute atomic E-state index is 0.843. The predicted octanol–water partition coefficient (Wildman–Crippen LogP) is 1.27. The lowest BCUT2D eigenvalue weighted by Crippen LogP contribution is -2.43.